The summed E-state index contributed by atoms with van der Waals surface area (Å²) in [7, 11) is 0. The summed E-state index contributed by atoms with van der Waals surface area (Å²) in [5.74, 6) is 1.67. The van der Waals surface area contributed by atoms with Crippen molar-refractivity contribution >= 4 is 43.8 Å². The Kier molecular flexibility index (Phi) is 4.13. The maximum Gasteiger partial charge on any atom is 0.142 e. The van der Waals surface area contributed by atoms with Crippen molar-refractivity contribution in [2.75, 3.05) is 5.32 Å². The Morgan fingerprint density at radius 3 is 2.71 bits per heavy atom. The molecule has 0 saturated carbocycles. The van der Waals surface area contributed by atoms with Crippen molar-refractivity contribution in [2.45, 2.75) is 40.0 Å². The van der Waals surface area contributed by atoms with Gasteiger partial charge in [0.15, 0.2) is 0 Å². The van der Waals surface area contributed by atoms with E-state index in [4.69, 9.17) is 0 Å². The normalized spacial score (nSPS) is 17.0. The molecular formula is C24H25N3S. The Morgan fingerprint density at radius 1 is 1.04 bits per heavy atom. The number of aryl methyl sites for hydroxylation is 1. The molecule has 1 unspecified atom stereocenters. The first-order chi connectivity index (χ1) is 13.5. The molecule has 0 spiro atoms. The number of thiophene rings is 1. The van der Waals surface area contributed by atoms with Crippen LogP contribution in [-0.4, -0.2) is 9.97 Å². The van der Waals surface area contributed by atoms with Crippen LogP contribution in [0.1, 0.15) is 37.6 Å². The van der Waals surface area contributed by atoms with Gasteiger partial charge in [0.2, 0.25) is 0 Å². The molecule has 1 aliphatic carbocycles. The second-order valence-corrected chi connectivity index (χ2v) is 9.95. The van der Waals surface area contributed by atoms with Crippen LogP contribution in [0.4, 0.5) is 11.5 Å². The van der Waals surface area contributed by atoms with Gasteiger partial charge in [-0.25, -0.2) is 9.97 Å². The van der Waals surface area contributed by atoms with Crippen molar-refractivity contribution in [1.82, 2.24) is 9.97 Å². The van der Waals surface area contributed by atoms with Gasteiger partial charge in [0.25, 0.3) is 0 Å². The Bertz CT molecular complexity index is 1160. The van der Waals surface area contributed by atoms with Crippen molar-refractivity contribution < 1.29 is 0 Å². The molecule has 1 aliphatic rings. The molecule has 4 heteroatoms. The number of anilines is 2. The molecule has 2 aromatic carbocycles. The van der Waals surface area contributed by atoms with Crippen LogP contribution in [0.5, 0.6) is 0 Å². The monoisotopic (exact) mass is 387 g/mol. The molecule has 0 aliphatic heterocycles. The smallest absolute Gasteiger partial charge is 0.142 e. The van der Waals surface area contributed by atoms with E-state index in [1.807, 2.05) is 11.3 Å². The van der Waals surface area contributed by atoms with Crippen LogP contribution in [0.25, 0.3) is 21.0 Å². The lowest BCUT2D eigenvalue weighted by atomic mass is 9.72. The number of aromatic nitrogens is 2. The summed E-state index contributed by atoms with van der Waals surface area (Å²) in [4.78, 5) is 11.9. The Morgan fingerprint density at radius 2 is 1.86 bits per heavy atom. The third kappa shape index (κ3) is 2.96. The maximum atomic E-state index is 4.64. The van der Waals surface area contributed by atoms with Crippen LogP contribution in [0.2, 0.25) is 0 Å². The lowest BCUT2D eigenvalue weighted by Crippen LogP contribution is -2.26. The van der Waals surface area contributed by atoms with Crippen LogP contribution in [0.15, 0.2) is 48.8 Å². The number of rotatable bonds is 2. The average molecular weight is 388 g/mol. The summed E-state index contributed by atoms with van der Waals surface area (Å²) < 4.78 is 0. The largest absolute Gasteiger partial charge is 0.339 e. The molecular weight excluding hydrogens is 362 g/mol. The zero-order chi connectivity index (χ0) is 19.3. The van der Waals surface area contributed by atoms with Crippen LogP contribution in [0.3, 0.4) is 0 Å². The second kappa shape index (κ2) is 6.56. The van der Waals surface area contributed by atoms with Crippen molar-refractivity contribution in [1.29, 1.82) is 0 Å². The highest BCUT2D eigenvalue weighted by molar-refractivity contribution is 7.19. The summed E-state index contributed by atoms with van der Waals surface area (Å²) in [6, 6.07) is 14.8. The van der Waals surface area contributed by atoms with Gasteiger partial charge in [-0.05, 0) is 47.6 Å². The minimum absolute atomic E-state index is 0.351. The van der Waals surface area contributed by atoms with E-state index in [1.54, 1.807) is 6.33 Å². The highest BCUT2D eigenvalue weighted by Crippen LogP contribution is 2.44. The molecule has 142 valence electrons. The number of benzene rings is 2. The quantitative estimate of drug-likeness (QED) is 0.414. The first kappa shape index (κ1) is 17.6. The number of hydrogen-bond acceptors (Lipinski definition) is 4. The number of fused-ring (bicyclic) bond motifs is 4. The van der Waals surface area contributed by atoms with Gasteiger partial charge in [-0.2, -0.15) is 0 Å². The third-order valence-electron chi connectivity index (χ3n) is 6.11. The summed E-state index contributed by atoms with van der Waals surface area (Å²) >= 11 is 1.86. The van der Waals surface area contributed by atoms with Gasteiger partial charge in [-0.3, -0.25) is 0 Å². The van der Waals surface area contributed by atoms with E-state index in [0.717, 1.165) is 35.1 Å². The van der Waals surface area contributed by atoms with E-state index in [0.29, 0.717) is 5.41 Å². The SMILES string of the molecule is CC(C)(C)C1CCc2c(sc3ncnc(Nc4cccc5ccccc45)c23)C1. The van der Waals surface area contributed by atoms with E-state index < -0.39 is 0 Å². The van der Waals surface area contributed by atoms with Crippen LogP contribution in [-0.2, 0) is 12.8 Å². The topological polar surface area (TPSA) is 37.8 Å². The zero-order valence-electron chi connectivity index (χ0n) is 16.6. The number of hydrogen-bond donors (Lipinski definition) is 1. The molecule has 0 saturated heterocycles. The molecule has 0 fully saturated rings. The fourth-order valence-electron chi connectivity index (χ4n) is 4.41. The molecule has 0 radical (unpaired) electrons. The van der Waals surface area contributed by atoms with E-state index >= 15 is 0 Å². The number of nitrogens with zero attached hydrogens (tertiary/aromatic N) is 2. The van der Waals surface area contributed by atoms with E-state index in [1.165, 1.54) is 33.0 Å². The third-order valence-corrected chi connectivity index (χ3v) is 7.28. The summed E-state index contributed by atoms with van der Waals surface area (Å²) in [6.45, 7) is 7.09. The first-order valence-corrected chi connectivity index (χ1v) is 10.8. The Balaban J connectivity index is 1.59. The summed E-state index contributed by atoms with van der Waals surface area (Å²) in [5, 5.41) is 7.30. The molecule has 2 heterocycles. The molecule has 5 rings (SSSR count). The van der Waals surface area contributed by atoms with Gasteiger partial charge >= 0.3 is 0 Å². The molecule has 2 aromatic heterocycles. The fourth-order valence-corrected chi connectivity index (χ4v) is 5.67. The second-order valence-electron chi connectivity index (χ2n) is 8.86. The van der Waals surface area contributed by atoms with E-state index in [9.17, 15) is 0 Å². The summed E-state index contributed by atoms with van der Waals surface area (Å²) in [6.07, 6.45) is 5.21. The van der Waals surface area contributed by atoms with Gasteiger partial charge in [0.1, 0.15) is 17.0 Å². The predicted molar refractivity (Wildman–Crippen MR) is 120 cm³/mol. The molecule has 1 N–H and O–H groups in total. The van der Waals surface area contributed by atoms with Gasteiger partial charge in [-0.15, -0.1) is 11.3 Å². The van der Waals surface area contributed by atoms with Crippen molar-refractivity contribution in [3.05, 3.63) is 59.2 Å². The molecule has 0 amide bonds. The molecule has 0 bridgehead atoms. The van der Waals surface area contributed by atoms with Gasteiger partial charge in [0, 0.05) is 16.0 Å². The maximum absolute atomic E-state index is 4.64. The highest BCUT2D eigenvalue weighted by Gasteiger charge is 2.31. The number of nitrogens with one attached hydrogen (secondary N) is 1. The van der Waals surface area contributed by atoms with Gasteiger partial charge in [-0.1, -0.05) is 57.2 Å². The van der Waals surface area contributed by atoms with Crippen molar-refractivity contribution in [3.63, 3.8) is 0 Å². The molecule has 4 aromatic rings. The van der Waals surface area contributed by atoms with Crippen LogP contribution >= 0.6 is 11.3 Å². The Labute approximate surface area is 169 Å². The molecule has 28 heavy (non-hydrogen) atoms. The lowest BCUT2D eigenvalue weighted by Gasteiger charge is -2.33. The minimum Gasteiger partial charge on any atom is -0.339 e. The van der Waals surface area contributed by atoms with Gasteiger partial charge in [0.05, 0.1) is 5.39 Å². The predicted octanol–water partition coefficient (Wildman–Crippen LogP) is 6.74. The average Bonchev–Trinajstić information content (AvgIpc) is 3.06. The van der Waals surface area contributed by atoms with E-state index in [-0.39, 0.29) is 0 Å². The van der Waals surface area contributed by atoms with Crippen LogP contribution < -0.4 is 5.32 Å². The fraction of sp³-hybridized carbons (Fsp3) is 0.333. The highest BCUT2D eigenvalue weighted by atomic mass is 32.1. The Hall–Kier alpha value is -2.46. The zero-order valence-corrected chi connectivity index (χ0v) is 17.4. The molecule has 3 nitrogen and oxygen atoms in total. The van der Waals surface area contributed by atoms with E-state index in [2.05, 4.69) is 78.5 Å². The van der Waals surface area contributed by atoms with Crippen molar-refractivity contribution in [2.24, 2.45) is 11.3 Å². The summed E-state index contributed by atoms with van der Waals surface area (Å²) in [5.41, 5.74) is 2.91. The van der Waals surface area contributed by atoms with Gasteiger partial charge < -0.3 is 5.32 Å². The first-order valence-electron chi connectivity index (χ1n) is 10.0. The standard InChI is InChI=1S/C24H25N3S/c1-24(2,3)16-11-12-18-20(13-16)28-23-21(18)22(25-14-26-23)27-19-10-6-8-15-7-4-5-9-17(15)19/h4-10,14,16H,11-13H2,1-3H3,(H,25,26,27). The molecule has 1 atom stereocenters. The van der Waals surface area contributed by atoms with Crippen molar-refractivity contribution in [3.8, 4) is 0 Å². The minimum atomic E-state index is 0.351. The lowest BCUT2D eigenvalue weighted by molar-refractivity contribution is 0.218. The van der Waals surface area contributed by atoms with Crippen LogP contribution in [0, 0.1) is 11.3 Å².